The number of carbonyl (C=O) groups is 1. The van der Waals surface area contributed by atoms with Gasteiger partial charge in [0.25, 0.3) is 0 Å². The number of aromatic nitrogens is 2. The van der Waals surface area contributed by atoms with Crippen LogP contribution in [0.1, 0.15) is 16.8 Å². The third kappa shape index (κ3) is 3.25. The lowest BCUT2D eigenvalue weighted by Crippen LogP contribution is -2.10. The number of nitrogen functional groups attached to an aromatic ring is 1. The molecule has 2 rings (SSSR count). The first-order valence-electron chi connectivity index (χ1n) is 6.10. The van der Waals surface area contributed by atoms with E-state index < -0.39 is 11.8 Å². The van der Waals surface area contributed by atoms with Gasteiger partial charge in [-0.3, -0.25) is 0 Å². The van der Waals surface area contributed by atoms with E-state index in [1.54, 1.807) is 12.5 Å². The molecule has 0 aliphatic carbocycles. The first kappa shape index (κ1) is 13.9. The number of carboxylic acids is 1. The largest absolute Gasteiger partial charge is 0.478 e. The van der Waals surface area contributed by atoms with Gasteiger partial charge in [0.15, 0.2) is 0 Å². The second kappa shape index (κ2) is 6.05. The van der Waals surface area contributed by atoms with Crippen molar-refractivity contribution in [3.63, 3.8) is 0 Å². The number of aryl methyl sites for hydroxylation is 1. The van der Waals surface area contributed by atoms with E-state index in [0.717, 1.165) is 19.0 Å². The summed E-state index contributed by atoms with van der Waals surface area (Å²) in [6.45, 7) is 1.26. The summed E-state index contributed by atoms with van der Waals surface area (Å²) >= 11 is 0. The molecule has 0 aliphatic rings. The quantitative estimate of drug-likeness (QED) is 0.553. The van der Waals surface area contributed by atoms with Crippen molar-refractivity contribution in [2.24, 2.45) is 0 Å². The first-order valence-corrected chi connectivity index (χ1v) is 6.10. The third-order valence-corrected chi connectivity index (χ3v) is 2.84. The molecule has 0 amide bonds. The lowest BCUT2D eigenvalue weighted by atomic mass is 10.1. The van der Waals surface area contributed by atoms with Crippen molar-refractivity contribution in [3.8, 4) is 0 Å². The number of nitrogens with zero attached hydrogens (tertiary/aromatic N) is 2. The molecule has 2 aromatic rings. The standard InChI is InChI=1S/C13H15FN4O2/c14-10-7-11(15)9(13(19)20)6-12(10)17-2-1-4-18-5-3-16-8-18/h3,5-8,17H,1-2,4,15H2,(H,19,20). The molecule has 1 heterocycles. The Morgan fingerprint density at radius 3 is 2.95 bits per heavy atom. The molecule has 0 saturated carbocycles. The number of nitrogens with one attached hydrogen (secondary N) is 1. The summed E-state index contributed by atoms with van der Waals surface area (Å²) in [6, 6.07) is 2.23. The minimum absolute atomic E-state index is 0.0843. The summed E-state index contributed by atoms with van der Waals surface area (Å²) in [5.41, 5.74) is 5.40. The van der Waals surface area contributed by atoms with Crippen LogP contribution in [0.3, 0.4) is 0 Å². The number of imidazole rings is 1. The molecule has 106 valence electrons. The number of nitrogens with two attached hydrogens (primary N) is 1. The fraction of sp³-hybridized carbons (Fsp3) is 0.231. The number of benzene rings is 1. The fourth-order valence-corrected chi connectivity index (χ4v) is 1.81. The number of carboxylic acid groups (broad SMARTS) is 1. The lowest BCUT2D eigenvalue weighted by Gasteiger charge is -2.10. The minimum atomic E-state index is -1.18. The summed E-state index contributed by atoms with van der Waals surface area (Å²) in [5.74, 6) is -1.74. The monoisotopic (exact) mass is 278 g/mol. The average molecular weight is 278 g/mol. The summed E-state index contributed by atoms with van der Waals surface area (Å²) in [6.07, 6.45) is 5.98. The highest BCUT2D eigenvalue weighted by Gasteiger charge is 2.12. The summed E-state index contributed by atoms with van der Waals surface area (Å²) in [5, 5.41) is 11.8. The summed E-state index contributed by atoms with van der Waals surface area (Å²) < 4.78 is 15.6. The van der Waals surface area contributed by atoms with E-state index in [0.29, 0.717) is 6.54 Å². The Hall–Kier alpha value is -2.57. The van der Waals surface area contributed by atoms with Crippen LogP contribution in [0, 0.1) is 5.82 Å². The molecule has 4 N–H and O–H groups in total. The Bertz CT molecular complexity index is 599. The average Bonchev–Trinajstić information content (AvgIpc) is 2.89. The van der Waals surface area contributed by atoms with Gasteiger partial charge in [0.2, 0.25) is 0 Å². The van der Waals surface area contributed by atoms with E-state index >= 15 is 0 Å². The molecule has 0 spiro atoms. The van der Waals surface area contributed by atoms with Crippen molar-refractivity contribution >= 4 is 17.3 Å². The van der Waals surface area contributed by atoms with Crippen molar-refractivity contribution in [1.82, 2.24) is 9.55 Å². The van der Waals surface area contributed by atoms with Crippen LogP contribution >= 0.6 is 0 Å². The lowest BCUT2D eigenvalue weighted by molar-refractivity contribution is 0.0698. The van der Waals surface area contributed by atoms with Crippen LogP contribution in [-0.2, 0) is 6.54 Å². The van der Waals surface area contributed by atoms with Gasteiger partial charge in [-0.1, -0.05) is 0 Å². The van der Waals surface area contributed by atoms with Gasteiger partial charge in [-0.05, 0) is 18.6 Å². The number of rotatable bonds is 6. The van der Waals surface area contributed by atoms with Crippen LogP contribution in [0.15, 0.2) is 30.9 Å². The van der Waals surface area contributed by atoms with E-state index in [2.05, 4.69) is 10.3 Å². The fourth-order valence-electron chi connectivity index (χ4n) is 1.81. The molecular weight excluding hydrogens is 263 g/mol. The Morgan fingerprint density at radius 1 is 1.50 bits per heavy atom. The SMILES string of the molecule is Nc1cc(F)c(NCCCn2ccnc2)cc1C(=O)O. The molecule has 0 atom stereocenters. The third-order valence-electron chi connectivity index (χ3n) is 2.84. The van der Waals surface area contributed by atoms with Gasteiger partial charge >= 0.3 is 5.97 Å². The molecular formula is C13H15FN4O2. The second-order valence-electron chi connectivity index (χ2n) is 4.31. The highest BCUT2D eigenvalue weighted by molar-refractivity contribution is 5.94. The predicted octanol–water partition coefficient (Wildman–Crippen LogP) is 1.80. The molecule has 6 nitrogen and oxygen atoms in total. The van der Waals surface area contributed by atoms with Crippen molar-refractivity contribution in [2.75, 3.05) is 17.6 Å². The van der Waals surface area contributed by atoms with Crippen LogP contribution < -0.4 is 11.1 Å². The predicted molar refractivity (Wildman–Crippen MR) is 73.1 cm³/mol. The molecule has 0 unspecified atom stereocenters. The molecule has 1 aromatic carbocycles. The molecule has 0 saturated heterocycles. The van der Waals surface area contributed by atoms with Crippen molar-refractivity contribution in [2.45, 2.75) is 13.0 Å². The molecule has 7 heteroatoms. The van der Waals surface area contributed by atoms with Gasteiger partial charge in [-0.25, -0.2) is 14.2 Å². The molecule has 1 aromatic heterocycles. The van der Waals surface area contributed by atoms with Gasteiger partial charge in [0.1, 0.15) is 5.82 Å². The minimum Gasteiger partial charge on any atom is -0.478 e. The number of hydrogen-bond donors (Lipinski definition) is 3. The summed E-state index contributed by atoms with van der Waals surface area (Å²) in [7, 11) is 0. The van der Waals surface area contributed by atoms with Crippen LogP contribution in [0.25, 0.3) is 0 Å². The Kier molecular flexibility index (Phi) is 4.19. The van der Waals surface area contributed by atoms with E-state index in [1.807, 2.05) is 10.8 Å². The van der Waals surface area contributed by atoms with E-state index in [9.17, 15) is 9.18 Å². The Morgan fingerprint density at radius 2 is 2.30 bits per heavy atom. The summed E-state index contributed by atoms with van der Waals surface area (Å²) in [4.78, 5) is 14.8. The van der Waals surface area contributed by atoms with Gasteiger partial charge in [-0.15, -0.1) is 0 Å². The topological polar surface area (TPSA) is 93.2 Å². The van der Waals surface area contributed by atoms with Gasteiger partial charge in [0, 0.05) is 31.2 Å². The van der Waals surface area contributed by atoms with Crippen LogP contribution in [0.5, 0.6) is 0 Å². The highest BCUT2D eigenvalue weighted by Crippen LogP contribution is 2.22. The van der Waals surface area contributed by atoms with Crippen molar-refractivity contribution < 1.29 is 14.3 Å². The van der Waals surface area contributed by atoms with Crippen LogP contribution in [-0.4, -0.2) is 27.2 Å². The van der Waals surface area contributed by atoms with E-state index in [4.69, 9.17) is 10.8 Å². The van der Waals surface area contributed by atoms with Crippen LogP contribution in [0.2, 0.25) is 0 Å². The zero-order chi connectivity index (χ0) is 14.5. The maximum absolute atomic E-state index is 13.6. The number of halogens is 1. The number of hydrogen-bond acceptors (Lipinski definition) is 4. The second-order valence-corrected chi connectivity index (χ2v) is 4.31. The first-order chi connectivity index (χ1) is 9.58. The zero-order valence-electron chi connectivity index (χ0n) is 10.7. The maximum atomic E-state index is 13.6. The van der Waals surface area contributed by atoms with Crippen molar-refractivity contribution in [3.05, 3.63) is 42.2 Å². The normalized spacial score (nSPS) is 10.4. The van der Waals surface area contributed by atoms with Crippen LogP contribution in [0.4, 0.5) is 15.8 Å². The highest BCUT2D eigenvalue weighted by atomic mass is 19.1. The van der Waals surface area contributed by atoms with E-state index in [1.165, 1.54) is 6.07 Å². The van der Waals surface area contributed by atoms with Gasteiger partial charge in [0.05, 0.1) is 17.6 Å². The van der Waals surface area contributed by atoms with Crippen molar-refractivity contribution in [1.29, 1.82) is 0 Å². The zero-order valence-corrected chi connectivity index (χ0v) is 10.7. The molecule has 0 aliphatic heterocycles. The number of aromatic carboxylic acids is 1. The van der Waals surface area contributed by atoms with Gasteiger partial charge < -0.3 is 20.7 Å². The molecule has 0 radical (unpaired) electrons. The molecule has 20 heavy (non-hydrogen) atoms. The Labute approximate surface area is 115 Å². The van der Waals surface area contributed by atoms with Gasteiger partial charge in [-0.2, -0.15) is 0 Å². The Balaban J connectivity index is 1.95. The van der Waals surface area contributed by atoms with E-state index in [-0.39, 0.29) is 16.9 Å². The maximum Gasteiger partial charge on any atom is 0.337 e. The molecule has 0 fully saturated rings. The number of anilines is 2. The molecule has 0 bridgehead atoms. The smallest absolute Gasteiger partial charge is 0.337 e.